The zero-order valence-electron chi connectivity index (χ0n) is 50.6. The van der Waals surface area contributed by atoms with Gasteiger partial charge in [-0.15, -0.1) is 12.4 Å². The number of methoxy groups -OCH3 is 1. The van der Waals surface area contributed by atoms with Crippen molar-refractivity contribution in [3.8, 4) is 51.3 Å². The number of piperidine rings is 2. The van der Waals surface area contributed by atoms with Crippen molar-refractivity contribution in [3.63, 3.8) is 0 Å². The lowest BCUT2D eigenvalue weighted by Gasteiger charge is -2.34. The Morgan fingerprint density at radius 1 is 0.678 bits per heavy atom. The van der Waals surface area contributed by atoms with Gasteiger partial charge in [0.2, 0.25) is 0 Å². The Bertz CT molecular complexity index is 3700. The number of phenolic OH excluding ortho intramolecular Hbond substituents is 1. The molecular weight excluding hydrogens is 1130 g/mol. The number of nitrogens with zero attached hydrogens (tertiary/aromatic N) is 3. The van der Waals surface area contributed by atoms with Crippen LogP contribution in [0.4, 0.5) is 4.79 Å². The Kier molecular flexibility index (Phi) is 20.8. The number of benzene rings is 3. The second-order valence-electron chi connectivity index (χ2n) is 24.0. The summed E-state index contributed by atoms with van der Waals surface area (Å²) < 4.78 is 30.0. The van der Waals surface area contributed by atoms with Crippen molar-refractivity contribution in [1.82, 2.24) is 40.8 Å². The van der Waals surface area contributed by atoms with E-state index in [1.165, 1.54) is 0 Å². The molecule has 2 aliphatic heterocycles. The minimum atomic E-state index is -0.632. The van der Waals surface area contributed by atoms with Gasteiger partial charge in [0.25, 0.3) is 22.9 Å². The third-order valence-electron chi connectivity index (χ3n) is 15.9. The van der Waals surface area contributed by atoms with Crippen LogP contribution in [0.2, 0.25) is 0 Å². The lowest BCUT2D eigenvalue weighted by Crippen LogP contribution is -2.42. The van der Waals surface area contributed by atoms with Crippen LogP contribution in [0.15, 0.2) is 94.5 Å². The number of hydrogen-bond donors (Lipinski definition) is 6. The predicted molar refractivity (Wildman–Crippen MR) is 338 cm³/mol. The molecule has 87 heavy (non-hydrogen) atoms. The van der Waals surface area contributed by atoms with Gasteiger partial charge >= 0.3 is 6.09 Å². The molecule has 0 bridgehead atoms. The maximum absolute atomic E-state index is 13.4. The van der Waals surface area contributed by atoms with Crippen LogP contribution < -0.4 is 46.0 Å². The summed E-state index contributed by atoms with van der Waals surface area (Å²) in [6.07, 6.45) is 9.30. The quantitative estimate of drug-likeness (QED) is 0.0416. The van der Waals surface area contributed by atoms with Crippen molar-refractivity contribution in [2.45, 2.75) is 123 Å². The largest absolute Gasteiger partial charge is 0.507 e. The van der Waals surface area contributed by atoms with E-state index in [0.717, 1.165) is 105 Å². The van der Waals surface area contributed by atoms with Crippen molar-refractivity contribution in [2.75, 3.05) is 59.6 Å². The smallest absolute Gasteiger partial charge is 0.410 e. The van der Waals surface area contributed by atoms with E-state index in [1.54, 1.807) is 36.3 Å². The molecule has 7 aromatic rings. The third kappa shape index (κ3) is 15.9. The molecule has 11 rings (SSSR count). The summed E-state index contributed by atoms with van der Waals surface area (Å²) in [5, 5.41) is 21.3. The van der Waals surface area contributed by atoms with E-state index in [9.17, 15) is 29.1 Å². The number of pyridine rings is 4. The molecule has 6 N–H and O–H groups in total. The maximum atomic E-state index is 13.4. The number of H-pyrrole nitrogens is 2. The van der Waals surface area contributed by atoms with E-state index < -0.39 is 22.6 Å². The molecule has 2 unspecified atom stereocenters. The number of hydrogen-bond acceptors (Lipinski definition) is 14. The monoisotopic (exact) mass is 1210 g/mol. The Balaban J connectivity index is 0.000000219. The van der Waals surface area contributed by atoms with E-state index in [-0.39, 0.29) is 53.1 Å². The zero-order valence-corrected chi connectivity index (χ0v) is 51.4. The molecule has 19 nitrogen and oxygen atoms in total. The van der Waals surface area contributed by atoms with Gasteiger partial charge in [-0.2, -0.15) is 0 Å². The molecule has 0 spiro atoms. The fraction of sp³-hybridized carbons (Fsp3) is 0.448. The number of aromatic amines is 2. The highest BCUT2D eigenvalue weighted by Crippen LogP contribution is 2.44. The van der Waals surface area contributed by atoms with Crippen LogP contribution in [0.3, 0.4) is 0 Å². The van der Waals surface area contributed by atoms with E-state index >= 15 is 0 Å². The predicted octanol–water partition coefficient (Wildman–Crippen LogP) is 11.3. The van der Waals surface area contributed by atoms with Crippen LogP contribution in [0.5, 0.6) is 28.7 Å². The topological polar surface area (TPSA) is 248 Å². The SMILES string of the molecule is CCCNC(=O)c1cc2c(C3CCCN(C(=O)OC(C)(C)C)C3)cc(-c3c(OCc4ccc(OC)cc4)cccc3OCC3CC3)nc2[nH]c1=O.CCCNC(=O)c1cc2c(C3CCCNC3)cc(-c3c(O)cccc3OCC3CC3)nc2[nH]c1=O.Cl. The molecule has 6 heterocycles. The number of aromatic nitrogens is 4. The highest BCUT2D eigenvalue weighted by atomic mass is 35.5. The van der Waals surface area contributed by atoms with E-state index in [2.05, 4.69) is 25.9 Å². The van der Waals surface area contributed by atoms with Crippen LogP contribution in [0, 0.1) is 11.8 Å². The number of carbonyl (C=O) groups excluding carboxylic acids is 3. The van der Waals surface area contributed by atoms with Crippen LogP contribution >= 0.6 is 12.4 Å². The third-order valence-corrected chi connectivity index (χ3v) is 15.9. The number of phenols is 1. The highest BCUT2D eigenvalue weighted by Gasteiger charge is 2.32. The molecule has 0 radical (unpaired) electrons. The normalized spacial score (nSPS) is 16.6. The molecule has 4 aliphatic rings. The summed E-state index contributed by atoms with van der Waals surface area (Å²) in [6.45, 7) is 14.7. The summed E-state index contributed by atoms with van der Waals surface area (Å²) in [5.74, 6) is 2.93. The molecule has 2 atom stereocenters. The molecule has 4 fully saturated rings. The van der Waals surface area contributed by atoms with Crippen molar-refractivity contribution in [1.29, 1.82) is 0 Å². The summed E-state index contributed by atoms with van der Waals surface area (Å²) in [5.41, 5.74) is 4.30. The number of halogens is 1. The molecule has 4 aromatic heterocycles. The van der Waals surface area contributed by atoms with Crippen LogP contribution in [0.1, 0.15) is 148 Å². The fourth-order valence-electron chi connectivity index (χ4n) is 11.0. The molecule has 462 valence electrons. The molecule has 2 saturated heterocycles. The van der Waals surface area contributed by atoms with Gasteiger partial charge in [-0.3, -0.25) is 19.2 Å². The first-order valence-corrected chi connectivity index (χ1v) is 30.5. The summed E-state index contributed by atoms with van der Waals surface area (Å²) >= 11 is 0. The molecule has 2 saturated carbocycles. The number of nitrogens with one attached hydrogen (secondary N) is 5. The fourth-order valence-corrected chi connectivity index (χ4v) is 11.0. The Morgan fingerprint density at radius 3 is 1.74 bits per heavy atom. The van der Waals surface area contributed by atoms with Gasteiger partial charge in [0, 0.05) is 49.4 Å². The zero-order chi connectivity index (χ0) is 60.5. The second-order valence-corrected chi connectivity index (χ2v) is 24.0. The van der Waals surface area contributed by atoms with E-state index in [1.807, 2.05) is 95.3 Å². The van der Waals surface area contributed by atoms with E-state index in [4.69, 9.17) is 33.7 Å². The summed E-state index contributed by atoms with van der Waals surface area (Å²) in [4.78, 5) is 82.4. The second kappa shape index (κ2) is 28.6. The lowest BCUT2D eigenvalue weighted by molar-refractivity contribution is 0.0198. The summed E-state index contributed by atoms with van der Waals surface area (Å²) in [6, 6.07) is 25.9. The minimum Gasteiger partial charge on any atom is -0.507 e. The van der Waals surface area contributed by atoms with Crippen LogP contribution in [-0.2, 0) is 11.3 Å². The van der Waals surface area contributed by atoms with Crippen molar-refractivity contribution < 1.29 is 43.2 Å². The number of rotatable bonds is 20. The maximum Gasteiger partial charge on any atom is 0.410 e. The standard InChI is InChI=1S/C40H48N4O7.C27H32N4O4.ClH/c1-6-18-41-37(45)31-20-30-29(27-9-8-19-44(22-27)39(47)51-40(2,3)4)21-32(42-36(30)43-38(31)46)35-33(49-23-25-12-13-25)10-7-11-34(35)50-24-26-14-16-28(48-5)17-15-26;1-2-10-29-26(33)20-12-19-18(17-5-4-11-28-14-17)13-21(30-25(19)31-27(20)34)24-22(32)6-3-7-23(24)35-15-16-8-9-16;/h7,10-11,14-17,20-21,25,27H,6,8-9,12-13,18-19,22-24H2,1-5H3,(H,41,45)(H,42,43,46);3,6-7,12-13,16-17,28,32H,2,4-5,8-11,14-15H2,1H3,(H,29,33)(H,30,31,34);1H. The highest BCUT2D eigenvalue weighted by molar-refractivity contribution is 5.99. The Labute approximate surface area is 513 Å². The molecule has 3 aromatic carbocycles. The van der Waals surface area contributed by atoms with Crippen LogP contribution in [-0.4, -0.2) is 113 Å². The Morgan fingerprint density at radius 2 is 1.21 bits per heavy atom. The number of amides is 3. The van der Waals surface area contributed by atoms with Gasteiger partial charge < -0.3 is 59.6 Å². The van der Waals surface area contributed by atoms with Gasteiger partial charge in [-0.1, -0.05) is 38.1 Å². The minimum absolute atomic E-state index is 0. The first kappa shape index (κ1) is 63.3. The Hall–Kier alpha value is -8.16. The van der Waals surface area contributed by atoms with Crippen LogP contribution in [0.25, 0.3) is 44.6 Å². The van der Waals surface area contributed by atoms with Gasteiger partial charge in [0.05, 0.1) is 42.8 Å². The van der Waals surface area contributed by atoms with Crippen molar-refractivity contribution in [2.24, 2.45) is 11.8 Å². The first-order chi connectivity index (χ1) is 41.6. The number of likely N-dealkylation sites (tertiary alicyclic amines) is 1. The molecule has 20 heteroatoms. The number of fused-ring (bicyclic) bond motifs is 2. The van der Waals surface area contributed by atoms with Gasteiger partial charge in [0.1, 0.15) is 63.4 Å². The number of carbonyl (C=O) groups is 3. The number of ether oxygens (including phenoxy) is 5. The van der Waals surface area contributed by atoms with Gasteiger partial charge in [-0.05, 0) is 187 Å². The molecule has 3 amide bonds. The van der Waals surface area contributed by atoms with Gasteiger partial charge in [-0.25, -0.2) is 14.8 Å². The van der Waals surface area contributed by atoms with Crippen molar-refractivity contribution in [3.05, 3.63) is 133 Å². The molecular formula is C67H81ClN8O11. The van der Waals surface area contributed by atoms with E-state index in [0.29, 0.717) is 114 Å². The summed E-state index contributed by atoms with van der Waals surface area (Å²) in [7, 11) is 1.63. The molecule has 2 aliphatic carbocycles. The van der Waals surface area contributed by atoms with Gasteiger partial charge in [0.15, 0.2) is 0 Å². The van der Waals surface area contributed by atoms with Crippen molar-refractivity contribution >= 4 is 52.4 Å². The lowest BCUT2D eigenvalue weighted by atomic mass is 9.87. The average molecular weight is 1210 g/mol. The number of aromatic hydroxyl groups is 1. The average Bonchev–Trinajstić information content (AvgIpc) is 1.74. The first-order valence-electron chi connectivity index (χ1n) is 30.5.